The molecule has 116 valence electrons. The highest BCUT2D eigenvalue weighted by atomic mass is 16.6. The second-order valence-electron chi connectivity index (χ2n) is 6.11. The lowest BCUT2D eigenvalue weighted by Crippen LogP contribution is -2.37. The molecule has 1 rings (SSSR count). The molecule has 0 fully saturated rings. The van der Waals surface area contributed by atoms with Gasteiger partial charge < -0.3 is 15.2 Å². The molecule has 0 aliphatic heterocycles. The monoisotopic (exact) mass is 293 g/mol. The number of aryl methyl sites for hydroxylation is 1. The van der Waals surface area contributed by atoms with E-state index >= 15 is 0 Å². The van der Waals surface area contributed by atoms with Gasteiger partial charge in [-0.15, -0.1) is 0 Å². The molecule has 0 spiro atoms. The summed E-state index contributed by atoms with van der Waals surface area (Å²) in [6.07, 6.45) is -0.233. The zero-order valence-electron chi connectivity index (χ0n) is 13.0. The maximum absolute atomic E-state index is 11.6. The maximum Gasteiger partial charge on any atom is 0.407 e. The van der Waals surface area contributed by atoms with Crippen LogP contribution < -0.4 is 5.32 Å². The number of aliphatic carboxylic acids is 1. The fraction of sp³-hybridized carbons (Fsp3) is 0.500. The molecular formula is C16H23NO4. The van der Waals surface area contributed by atoms with Gasteiger partial charge in [-0.1, -0.05) is 29.8 Å². The molecule has 1 aromatic carbocycles. The minimum absolute atomic E-state index is 0.0398. The van der Waals surface area contributed by atoms with E-state index in [1.54, 1.807) is 20.8 Å². The summed E-state index contributed by atoms with van der Waals surface area (Å²) in [7, 11) is 0. The summed E-state index contributed by atoms with van der Waals surface area (Å²) < 4.78 is 5.09. The molecule has 0 radical (unpaired) electrons. The van der Waals surface area contributed by atoms with Gasteiger partial charge >= 0.3 is 12.1 Å². The molecule has 0 bridgehead atoms. The third-order valence-electron chi connectivity index (χ3n) is 2.84. The number of carboxylic acid groups (broad SMARTS) is 1. The molecule has 1 atom stereocenters. The first-order valence-corrected chi connectivity index (χ1v) is 6.92. The van der Waals surface area contributed by atoms with Crippen molar-refractivity contribution >= 4 is 12.1 Å². The number of ether oxygens (including phenoxy) is 1. The molecule has 0 aliphatic rings. The first kappa shape index (κ1) is 17.0. The van der Waals surface area contributed by atoms with Gasteiger partial charge in [0.05, 0.1) is 5.92 Å². The molecule has 1 amide bonds. The van der Waals surface area contributed by atoms with Gasteiger partial charge in [0.1, 0.15) is 5.60 Å². The van der Waals surface area contributed by atoms with Crippen LogP contribution in [0.3, 0.4) is 0 Å². The Kier molecular flexibility index (Phi) is 5.76. The number of hydrogen-bond donors (Lipinski definition) is 2. The van der Waals surface area contributed by atoms with E-state index in [-0.39, 0.29) is 6.54 Å². The van der Waals surface area contributed by atoms with Gasteiger partial charge in [0.2, 0.25) is 0 Å². The number of amides is 1. The maximum atomic E-state index is 11.6. The lowest BCUT2D eigenvalue weighted by atomic mass is 9.99. The van der Waals surface area contributed by atoms with Crippen LogP contribution in [0.4, 0.5) is 4.79 Å². The number of rotatable bonds is 5. The molecule has 0 saturated heterocycles. The molecular weight excluding hydrogens is 270 g/mol. The Morgan fingerprint density at radius 1 is 1.24 bits per heavy atom. The number of hydrogen-bond acceptors (Lipinski definition) is 3. The topological polar surface area (TPSA) is 75.6 Å². The Morgan fingerprint density at radius 3 is 2.29 bits per heavy atom. The third-order valence-corrected chi connectivity index (χ3v) is 2.84. The number of alkyl carbamates (subject to hydrolysis) is 1. The van der Waals surface area contributed by atoms with E-state index < -0.39 is 23.6 Å². The van der Waals surface area contributed by atoms with Gasteiger partial charge in [0.25, 0.3) is 0 Å². The van der Waals surface area contributed by atoms with Crippen molar-refractivity contribution < 1.29 is 19.4 Å². The second kappa shape index (κ2) is 7.11. The summed E-state index contributed by atoms with van der Waals surface area (Å²) >= 11 is 0. The summed E-state index contributed by atoms with van der Waals surface area (Å²) in [5.41, 5.74) is 1.45. The summed E-state index contributed by atoms with van der Waals surface area (Å²) in [4.78, 5) is 22.8. The average Bonchev–Trinajstić information content (AvgIpc) is 2.34. The Bertz CT molecular complexity index is 488. The van der Waals surface area contributed by atoms with Crippen LogP contribution in [-0.2, 0) is 16.0 Å². The minimum atomic E-state index is -0.938. The zero-order chi connectivity index (χ0) is 16.0. The Balaban J connectivity index is 2.56. The van der Waals surface area contributed by atoms with E-state index in [1.165, 1.54) is 0 Å². The van der Waals surface area contributed by atoms with Crippen LogP contribution in [0.2, 0.25) is 0 Å². The molecule has 5 nitrogen and oxygen atoms in total. The van der Waals surface area contributed by atoms with Crippen LogP contribution in [0, 0.1) is 12.8 Å². The predicted molar refractivity (Wildman–Crippen MR) is 80.2 cm³/mol. The van der Waals surface area contributed by atoms with E-state index in [2.05, 4.69) is 5.32 Å². The first-order valence-electron chi connectivity index (χ1n) is 6.92. The second-order valence-corrected chi connectivity index (χ2v) is 6.11. The van der Waals surface area contributed by atoms with Gasteiger partial charge in [-0.2, -0.15) is 0 Å². The summed E-state index contributed by atoms with van der Waals surface area (Å²) in [5.74, 6) is -1.62. The van der Waals surface area contributed by atoms with Crippen molar-refractivity contribution in [2.45, 2.75) is 39.7 Å². The van der Waals surface area contributed by atoms with Crippen molar-refractivity contribution in [1.29, 1.82) is 0 Å². The zero-order valence-corrected chi connectivity index (χ0v) is 13.0. The fourth-order valence-corrected chi connectivity index (χ4v) is 1.78. The lowest BCUT2D eigenvalue weighted by Gasteiger charge is -2.21. The van der Waals surface area contributed by atoms with Crippen LogP contribution in [0.15, 0.2) is 24.3 Å². The molecule has 0 aromatic heterocycles. The number of carbonyl (C=O) groups is 2. The van der Waals surface area contributed by atoms with Crippen LogP contribution >= 0.6 is 0 Å². The largest absolute Gasteiger partial charge is 0.481 e. The van der Waals surface area contributed by atoms with Crippen LogP contribution in [0.1, 0.15) is 31.9 Å². The highest BCUT2D eigenvalue weighted by Crippen LogP contribution is 2.11. The van der Waals surface area contributed by atoms with Crippen molar-refractivity contribution in [2.75, 3.05) is 6.54 Å². The van der Waals surface area contributed by atoms with E-state index in [0.717, 1.165) is 11.1 Å². The van der Waals surface area contributed by atoms with Crippen LogP contribution in [-0.4, -0.2) is 29.3 Å². The molecule has 1 aromatic rings. The first-order chi connectivity index (χ1) is 9.67. The number of benzene rings is 1. The highest BCUT2D eigenvalue weighted by molar-refractivity contribution is 5.73. The van der Waals surface area contributed by atoms with Crippen molar-refractivity contribution in [3.05, 3.63) is 35.4 Å². The van der Waals surface area contributed by atoms with Gasteiger partial charge in [-0.05, 0) is 39.7 Å². The Morgan fingerprint density at radius 2 is 1.81 bits per heavy atom. The summed E-state index contributed by atoms with van der Waals surface area (Å²) in [5, 5.41) is 11.8. The fourth-order valence-electron chi connectivity index (χ4n) is 1.78. The molecule has 1 unspecified atom stereocenters. The number of carboxylic acids is 1. The molecule has 0 aliphatic carbocycles. The molecule has 21 heavy (non-hydrogen) atoms. The smallest absolute Gasteiger partial charge is 0.407 e. The average molecular weight is 293 g/mol. The summed E-state index contributed by atoms with van der Waals surface area (Å²) in [6, 6.07) is 7.68. The van der Waals surface area contributed by atoms with E-state index in [1.807, 2.05) is 31.2 Å². The van der Waals surface area contributed by atoms with E-state index in [9.17, 15) is 14.7 Å². The van der Waals surface area contributed by atoms with Crippen molar-refractivity contribution in [1.82, 2.24) is 5.32 Å². The standard InChI is InChI=1S/C16H23NO4/c1-11-5-7-12(8-6-11)9-13(14(18)19)10-17-15(20)21-16(2,3)4/h5-8,13H,9-10H2,1-4H3,(H,17,20)(H,18,19). The van der Waals surface area contributed by atoms with E-state index in [4.69, 9.17) is 4.74 Å². The van der Waals surface area contributed by atoms with Crippen molar-refractivity contribution in [3.63, 3.8) is 0 Å². The SMILES string of the molecule is Cc1ccc(CC(CNC(=O)OC(C)(C)C)C(=O)O)cc1. The van der Waals surface area contributed by atoms with Gasteiger partial charge in [0.15, 0.2) is 0 Å². The minimum Gasteiger partial charge on any atom is -0.481 e. The number of carbonyl (C=O) groups excluding carboxylic acids is 1. The quantitative estimate of drug-likeness (QED) is 0.875. The molecule has 5 heteroatoms. The highest BCUT2D eigenvalue weighted by Gasteiger charge is 2.21. The molecule has 0 heterocycles. The Hall–Kier alpha value is -2.04. The molecule has 2 N–H and O–H groups in total. The normalized spacial score (nSPS) is 12.6. The Labute approximate surface area is 125 Å². The van der Waals surface area contributed by atoms with Gasteiger partial charge in [0, 0.05) is 6.54 Å². The predicted octanol–water partition coefficient (Wildman–Crippen LogP) is 2.76. The van der Waals surface area contributed by atoms with Gasteiger partial charge in [-0.3, -0.25) is 4.79 Å². The number of nitrogens with one attached hydrogen (secondary N) is 1. The van der Waals surface area contributed by atoms with Crippen molar-refractivity contribution in [3.8, 4) is 0 Å². The van der Waals surface area contributed by atoms with Crippen LogP contribution in [0.25, 0.3) is 0 Å². The summed E-state index contributed by atoms with van der Waals surface area (Å²) in [6.45, 7) is 7.29. The molecule has 0 saturated carbocycles. The lowest BCUT2D eigenvalue weighted by molar-refractivity contribution is -0.141. The van der Waals surface area contributed by atoms with E-state index in [0.29, 0.717) is 6.42 Å². The third kappa shape index (κ3) is 6.79. The van der Waals surface area contributed by atoms with Gasteiger partial charge in [-0.25, -0.2) is 4.79 Å². The van der Waals surface area contributed by atoms with Crippen LogP contribution in [0.5, 0.6) is 0 Å². The van der Waals surface area contributed by atoms with Crippen molar-refractivity contribution in [2.24, 2.45) is 5.92 Å².